The number of fused-ring (bicyclic) bond motifs is 1. The molecule has 0 amide bonds. The van der Waals surface area contributed by atoms with Gasteiger partial charge in [0.1, 0.15) is 8.07 Å². The lowest BCUT2D eigenvalue weighted by Crippen LogP contribution is -2.41. The summed E-state index contributed by atoms with van der Waals surface area (Å²) in [6, 6.07) is 19.3. The van der Waals surface area contributed by atoms with Crippen molar-refractivity contribution >= 4 is 63.0 Å². The summed E-state index contributed by atoms with van der Waals surface area (Å²) in [4.78, 5) is 0.379. The Hall–Kier alpha value is -2.73. The number of aromatic nitrogens is 1. The van der Waals surface area contributed by atoms with Crippen molar-refractivity contribution in [3.63, 3.8) is 0 Å². The lowest BCUT2D eigenvalue weighted by atomic mass is 10.1. The molecule has 1 atom stereocenters. The van der Waals surface area contributed by atoms with Crippen LogP contribution in [-0.2, 0) is 26.5 Å². The predicted octanol–water partition coefficient (Wildman–Crippen LogP) is 8.63. The molecule has 0 bridgehead atoms. The van der Waals surface area contributed by atoms with E-state index in [1.807, 2.05) is 26.0 Å². The van der Waals surface area contributed by atoms with E-state index in [-0.39, 0.29) is 22.8 Å². The minimum Gasteiger partial charge on any atom is -0.241 e. The van der Waals surface area contributed by atoms with E-state index < -0.39 is 42.2 Å². The van der Waals surface area contributed by atoms with Crippen molar-refractivity contribution in [2.45, 2.75) is 81.4 Å². The van der Waals surface area contributed by atoms with Crippen molar-refractivity contribution in [2.24, 2.45) is 0 Å². The number of aryl methyl sites for hydroxylation is 2. The molecule has 0 aliphatic carbocycles. The monoisotopic (exact) mass is 768 g/mol. The number of sulfonamides is 1. The van der Waals surface area contributed by atoms with Crippen molar-refractivity contribution in [1.29, 1.82) is 0 Å². The summed E-state index contributed by atoms with van der Waals surface area (Å²) in [6.45, 7) is 17.2. The van der Waals surface area contributed by atoms with E-state index in [1.54, 1.807) is 66.9 Å². The molecule has 1 heterocycles. The van der Waals surface area contributed by atoms with Gasteiger partial charge in [0.2, 0.25) is 10.0 Å². The Morgan fingerprint density at radius 1 is 0.830 bits per heavy atom. The molecule has 0 spiro atoms. The summed E-state index contributed by atoms with van der Waals surface area (Å²) >= 11 is 3.67. The number of hydrogen-bond donors (Lipinski definition) is 0. The number of benzene rings is 3. The molecule has 4 aromatic rings. The molecule has 0 saturated heterocycles. The summed E-state index contributed by atoms with van der Waals surface area (Å²) < 4.78 is 60.4. The summed E-state index contributed by atoms with van der Waals surface area (Å²) in [5.74, 6) is 3.38. The second kappa shape index (κ2) is 14.4. The first-order chi connectivity index (χ1) is 21.8. The molecule has 0 radical (unpaired) electrons. The minimum atomic E-state index is -3.98. The first kappa shape index (κ1) is 37.1. The Morgan fingerprint density at radius 2 is 1.40 bits per heavy atom. The van der Waals surface area contributed by atoms with Crippen LogP contribution >= 0.6 is 15.9 Å². The molecule has 0 unspecified atom stereocenters. The fourth-order valence-electron chi connectivity index (χ4n) is 5.05. The van der Waals surface area contributed by atoms with Crippen LogP contribution in [0.15, 0.2) is 99.3 Å². The SMILES string of the molecule is Cc1ccc(S(=O)(=O)N(C/C=C/C[Si](C)(C)C)[C@@H](C#C[Si](C)(C)C)Cc2cn(S(=O)(=O)c3ccc(C)cc3)c3cccc(Br)c23)cc1. The number of halogens is 1. The van der Waals surface area contributed by atoms with Crippen LogP contribution in [0.25, 0.3) is 10.9 Å². The molecular formula is C36H45BrN2O4S2Si2. The van der Waals surface area contributed by atoms with Crippen LogP contribution < -0.4 is 0 Å². The van der Waals surface area contributed by atoms with E-state index in [4.69, 9.17) is 0 Å². The van der Waals surface area contributed by atoms with Crippen LogP contribution in [0.3, 0.4) is 0 Å². The highest BCUT2D eigenvalue weighted by molar-refractivity contribution is 9.10. The Kier molecular flexibility index (Phi) is 11.4. The smallest absolute Gasteiger partial charge is 0.241 e. The van der Waals surface area contributed by atoms with Gasteiger partial charge < -0.3 is 0 Å². The molecule has 0 fully saturated rings. The average Bonchev–Trinajstić information content (AvgIpc) is 3.35. The van der Waals surface area contributed by atoms with Crippen molar-refractivity contribution in [3.8, 4) is 11.5 Å². The molecule has 0 N–H and O–H groups in total. The second-order valence-corrected chi connectivity index (χ2v) is 29.1. The lowest BCUT2D eigenvalue weighted by molar-refractivity contribution is 0.396. The minimum absolute atomic E-state index is 0.146. The van der Waals surface area contributed by atoms with Crippen LogP contribution in [0, 0.1) is 25.3 Å². The normalized spacial score (nSPS) is 13.7. The average molecular weight is 770 g/mol. The maximum atomic E-state index is 14.4. The third kappa shape index (κ3) is 9.25. The van der Waals surface area contributed by atoms with Gasteiger partial charge in [-0.25, -0.2) is 20.8 Å². The van der Waals surface area contributed by atoms with E-state index in [0.717, 1.165) is 21.6 Å². The van der Waals surface area contributed by atoms with E-state index in [9.17, 15) is 16.8 Å². The van der Waals surface area contributed by atoms with Crippen LogP contribution in [0.5, 0.6) is 0 Å². The molecule has 0 aliphatic rings. The number of rotatable bonds is 11. The standard InChI is InChI=1S/C36H45BrN2O4S2Si2/c1-28-14-18-32(19-15-28)44(40,41)38(23-9-10-24-46(3,4)5)31(22-25-47(6,7)8)26-30-27-39(35-13-11-12-34(37)36(30)35)45(42,43)33-20-16-29(2)17-21-33/h9-21,27,31H,23-24,26H2,1-8H3/b10-9+/t31-/m0/s1. The topological polar surface area (TPSA) is 76.5 Å². The summed E-state index contributed by atoms with van der Waals surface area (Å²) in [6.07, 6.45) is 5.85. The predicted molar refractivity (Wildman–Crippen MR) is 204 cm³/mol. The van der Waals surface area contributed by atoms with Crippen molar-refractivity contribution < 1.29 is 16.8 Å². The maximum Gasteiger partial charge on any atom is 0.268 e. The second-order valence-electron chi connectivity index (χ2n) is 14.3. The fourth-order valence-corrected chi connectivity index (χ4v) is 10.0. The van der Waals surface area contributed by atoms with E-state index in [0.29, 0.717) is 16.5 Å². The number of allylic oxidation sites excluding steroid dienone is 1. The van der Waals surface area contributed by atoms with Crippen LogP contribution in [0.2, 0.25) is 45.3 Å². The zero-order chi connectivity index (χ0) is 34.8. The van der Waals surface area contributed by atoms with Gasteiger partial charge in [-0.1, -0.05) is 115 Å². The molecule has 11 heteroatoms. The highest BCUT2D eigenvalue weighted by Gasteiger charge is 2.32. The highest BCUT2D eigenvalue weighted by atomic mass is 79.9. The molecule has 47 heavy (non-hydrogen) atoms. The Bertz CT molecular complexity index is 2050. The molecule has 250 valence electrons. The number of nitrogens with zero attached hydrogens (tertiary/aromatic N) is 2. The number of hydrogen-bond acceptors (Lipinski definition) is 4. The van der Waals surface area contributed by atoms with E-state index in [1.165, 1.54) is 8.28 Å². The van der Waals surface area contributed by atoms with E-state index in [2.05, 4.69) is 72.8 Å². The van der Waals surface area contributed by atoms with Gasteiger partial charge in [0.25, 0.3) is 10.0 Å². The molecule has 1 aromatic heterocycles. The highest BCUT2D eigenvalue weighted by Crippen LogP contribution is 2.34. The molecule has 0 aliphatic heterocycles. The van der Waals surface area contributed by atoms with Crippen molar-refractivity contribution in [3.05, 3.63) is 106 Å². The van der Waals surface area contributed by atoms with Gasteiger partial charge in [-0.2, -0.15) is 4.31 Å². The maximum absolute atomic E-state index is 14.4. The largest absolute Gasteiger partial charge is 0.268 e. The van der Waals surface area contributed by atoms with E-state index >= 15 is 0 Å². The zero-order valence-corrected chi connectivity index (χ0v) is 33.7. The fraction of sp³-hybridized carbons (Fsp3) is 0.333. The molecular weight excluding hydrogens is 725 g/mol. The summed E-state index contributed by atoms with van der Waals surface area (Å²) in [7, 11) is -11.3. The van der Waals surface area contributed by atoms with Gasteiger partial charge in [0.15, 0.2) is 0 Å². The Labute approximate surface area is 292 Å². The lowest BCUT2D eigenvalue weighted by Gasteiger charge is -2.27. The molecule has 0 saturated carbocycles. The van der Waals surface area contributed by atoms with Crippen LogP contribution in [0.1, 0.15) is 16.7 Å². The summed E-state index contributed by atoms with van der Waals surface area (Å²) in [5, 5.41) is 0.713. The third-order valence-electron chi connectivity index (χ3n) is 7.59. The van der Waals surface area contributed by atoms with Gasteiger partial charge in [-0.15, -0.1) is 5.54 Å². The van der Waals surface area contributed by atoms with Gasteiger partial charge in [-0.3, -0.25) is 0 Å². The van der Waals surface area contributed by atoms with Gasteiger partial charge >= 0.3 is 0 Å². The van der Waals surface area contributed by atoms with Gasteiger partial charge in [0, 0.05) is 37.1 Å². The molecule has 4 rings (SSSR count). The quantitative estimate of drug-likeness (QED) is 0.0870. The third-order valence-corrected chi connectivity index (χ3v) is 14.2. The van der Waals surface area contributed by atoms with Crippen LogP contribution in [-0.4, -0.2) is 53.8 Å². The summed E-state index contributed by atoms with van der Waals surface area (Å²) in [5.41, 5.74) is 6.55. The Morgan fingerprint density at radius 3 is 1.96 bits per heavy atom. The van der Waals surface area contributed by atoms with Crippen LogP contribution in [0.4, 0.5) is 0 Å². The zero-order valence-electron chi connectivity index (χ0n) is 28.5. The van der Waals surface area contributed by atoms with Crippen molar-refractivity contribution in [2.75, 3.05) is 6.54 Å². The van der Waals surface area contributed by atoms with Gasteiger partial charge in [-0.05, 0) is 61.9 Å². The van der Waals surface area contributed by atoms with Gasteiger partial charge in [0.05, 0.1) is 21.3 Å². The van der Waals surface area contributed by atoms with Crippen molar-refractivity contribution in [1.82, 2.24) is 8.28 Å². The molecule has 6 nitrogen and oxygen atoms in total. The first-order valence-electron chi connectivity index (χ1n) is 15.7. The molecule has 3 aromatic carbocycles. The first-order valence-corrected chi connectivity index (χ1v) is 26.5. The Balaban J connectivity index is 1.92.